The van der Waals surface area contributed by atoms with Crippen LogP contribution in [0.25, 0.3) is 0 Å². The molecule has 0 spiro atoms. The molecule has 1 heteroatoms. The molecule has 0 saturated heterocycles. The van der Waals surface area contributed by atoms with Crippen LogP contribution in [0.1, 0.15) is 33.3 Å². The quantitative estimate of drug-likeness (QED) is 0.530. The number of benzene rings is 1. The third kappa shape index (κ3) is 2.94. The minimum atomic E-state index is -0.0305. The van der Waals surface area contributed by atoms with E-state index in [0.29, 0.717) is 0 Å². The van der Waals surface area contributed by atoms with Gasteiger partial charge in [-0.05, 0) is 31.1 Å². The number of nitrogens with zero attached hydrogens (tertiary/aromatic N) is 1. The summed E-state index contributed by atoms with van der Waals surface area (Å²) in [6.45, 7) is 12.3. The molecule has 1 aromatic rings. The van der Waals surface area contributed by atoms with E-state index >= 15 is 0 Å². The van der Waals surface area contributed by atoms with E-state index in [1.165, 1.54) is 11.1 Å². The number of rotatable bonds is 4. The van der Waals surface area contributed by atoms with Crippen LogP contribution in [0.2, 0.25) is 0 Å². The summed E-state index contributed by atoms with van der Waals surface area (Å²) >= 11 is 0. The fraction of sp³-hybridized carbons (Fsp3) is 0.312. The summed E-state index contributed by atoms with van der Waals surface area (Å²) in [6.07, 6.45) is 3.63. The average Bonchev–Trinajstić information content (AvgIpc) is 2.36. The van der Waals surface area contributed by atoms with Crippen LogP contribution in [-0.4, -0.2) is 6.21 Å². The second kappa shape index (κ2) is 5.62. The fourth-order valence-corrected chi connectivity index (χ4v) is 1.83. The van der Waals surface area contributed by atoms with Gasteiger partial charge in [0, 0.05) is 11.6 Å². The Hall–Kier alpha value is -1.63. The molecular weight excluding hydrogens is 206 g/mol. The first-order chi connectivity index (χ1) is 8.04. The zero-order chi connectivity index (χ0) is 12.9. The van der Waals surface area contributed by atoms with Crippen LogP contribution in [0.4, 0.5) is 0 Å². The molecule has 1 aromatic carbocycles. The maximum absolute atomic E-state index is 4.37. The molecule has 0 heterocycles. The highest BCUT2D eigenvalue weighted by Gasteiger charge is 2.24. The van der Waals surface area contributed by atoms with E-state index in [-0.39, 0.29) is 5.41 Å². The van der Waals surface area contributed by atoms with Crippen LogP contribution in [0.3, 0.4) is 0 Å². The maximum atomic E-state index is 4.37. The zero-order valence-corrected chi connectivity index (χ0v) is 11.2. The van der Waals surface area contributed by atoms with Crippen molar-refractivity contribution in [3.8, 4) is 0 Å². The summed E-state index contributed by atoms with van der Waals surface area (Å²) in [5.41, 5.74) is 3.46. The van der Waals surface area contributed by atoms with Gasteiger partial charge in [-0.15, -0.1) is 0 Å². The van der Waals surface area contributed by atoms with Gasteiger partial charge < -0.3 is 0 Å². The molecule has 0 bridgehead atoms. The largest absolute Gasteiger partial charge is 0.262 e. The van der Waals surface area contributed by atoms with Gasteiger partial charge in [-0.25, -0.2) is 0 Å². The lowest BCUT2D eigenvalue weighted by atomic mass is 9.77. The Balaban J connectivity index is 3.26. The lowest BCUT2D eigenvalue weighted by Gasteiger charge is -2.27. The number of aliphatic imine (C=N–C) groups is 1. The van der Waals surface area contributed by atoms with Gasteiger partial charge in [0.2, 0.25) is 0 Å². The standard InChI is InChI=1S/C16H21N/c1-6-15(17-7-2)13(3)16(4,5)14-11-9-8-10-12-14/h6-12H,1H2,2-5H3/b15-13+,17-7?. The second-order valence-corrected chi connectivity index (χ2v) is 4.59. The van der Waals surface area contributed by atoms with Crippen LogP contribution in [0.5, 0.6) is 0 Å². The molecule has 0 fully saturated rings. The smallest absolute Gasteiger partial charge is 0.0617 e. The zero-order valence-electron chi connectivity index (χ0n) is 11.2. The van der Waals surface area contributed by atoms with Crippen molar-refractivity contribution in [1.29, 1.82) is 0 Å². The first-order valence-corrected chi connectivity index (χ1v) is 5.92. The predicted molar refractivity (Wildman–Crippen MR) is 76.5 cm³/mol. The van der Waals surface area contributed by atoms with Crippen LogP contribution in [-0.2, 0) is 5.41 Å². The molecular formula is C16H21N. The van der Waals surface area contributed by atoms with Gasteiger partial charge in [-0.3, -0.25) is 4.99 Å². The van der Waals surface area contributed by atoms with E-state index in [4.69, 9.17) is 0 Å². The molecule has 1 rings (SSSR count). The Morgan fingerprint density at radius 1 is 1.24 bits per heavy atom. The van der Waals surface area contributed by atoms with E-state index in [2.05, 4.69) is 56.6 Å². The van der Waals surface area contributed by atoms with Crippen molar-refractivity contribution in [1.82, 2.24) is 0 Å². The SMILES string of the molecule is C=C/C(N=CC)=C(/C)C(C)(C)c1ccccc1. The molecule has 0 atom stereocenters. The molecule has 1 nitrogen and oxygen atoms in total. The van der Waals surface area contributed by atoms with Crippen molar-refractivity contribution in [2.75, 3.05) is 0 Å². The minimum absolute atomic E-state index is 0.0305. The van der Waals surface area contributed by atoms with Crippen molar-refractivity contribution >= 4 is 6.21 Å². The molecule has 0 aromatic heterocycles. The highest BCUT2D eigenvalue weighted by atomic mass is 14.7. The molecule has 0 amide bonds. The minimum Gasteiger partial charge on any atom is -0.262 e. The molecule has 90 valence electrons. The summed E-state index contributed by atoms with van der Waals surface area (Å²) in [5, 5.41) is 0. The Bertz CT molecular complexity index is 436. The van der Waals surface area contributed by atoms with Gasteiger partial charge in [0.25, 0.3) is 0 Å². The van der Waals surface area contributed by atoms with Crippen molar-refractivity contribution in [3.05, 3.63) is 59.8 Å². The molecule has 0 aliphatic carbocycles. The van der Waals surface area contributed by atoms with Gasteiger partial charge in [-0.2, -0.15) is 0 Å². The monoisotopic (exact) mass is 227 g/mol. The van der Waals surface area contributed by atoms with Gasteiger partial charge >= 0.3 is 0 Å². The van der Waals surface area contributed by atoms with E-state index < -0.39 is 0 Å². The first kappa shape index (κ1) is 13.4. The summed E-state index contributed by atoms with van der Waals surface area (Å²) in [6, 6.07) is 10.5. The Morgan fingerprint density at radius 2 is 1.82 bits per heavy atom. The predicted octanol–water partition coefficient (Wildman–Crippen LogP) is 4.51. The molecule has 0 N–H and O–H groups in total. The molecule has 0 radical (unpaired) electrons. The normalized spacial score (nSPS) is 13.6. The van der Waals surface area contributed by atoms with Crippen LogP contribution < -0.4 is 0 Å². The topological polar surface area (TPSA) is 12.4 Å². The average molecular weight is 227 g/mol. The highest BCUT2D eigenvalue weighted by Crippen LogP contribution is 2.33. The molecule has 0 saturated carbocycles. The first-order valence-electron chi connectivity index (χ1n) is 5.92. The van der Waals surface area contributed by atoms with E-state index in [0.717, 1.165) is 5.70 Å². The molecule has 0 aliphatic heterocycles. The summed E-state index contributed by atoms with van der Waals surface area (Å²) in [5.74, 6) is 0. The van der Waals surface area contributed by atoms with Gasteiger partial charge in [-0.1, -0.05) is 50.8 Å². The second-order valence-electron chi connectivity index (χ2n) is 4.59. The van der Waals surface area contributed by atoms with E-state index in [1.807, 2.05) is 25.3 Å². The van der Waals surface area contributed by atoms with E-state index in [9.17, 15) is 0 Å². The third-order valence-electron chi connectivity index (χ3n) is 3.28. The lowest BCUT2D eigenvalue weighted by Crippen LogP contribution is -2.19. The van der Waals surface area contributed by atoms with Gasteiger partial charge in [0.05, 0.1) is 5.70 Å². The van der Waals surface area contributed by atoms with Crippen molar-refractivity contribution in [2.24, 2.45) is 4.99 Å². The maximum Gasteiger partial charge on any atom is 0.0617 e. The lowest BCUT2D eigenvalue weighted by molar-refractivity contribution is 0.617. The summed E-state index contributed by atoms with van der Waals surface area (Å²) in [4.78, 5) is 4.37. The van der Waals surface area contributed by atoms with Crippen LogP contribution >= 0.6 is 0 Å². The Morgan fingerprint density at radius 3 is 2.29 bits per heavy atom. The van der Waals surface area contributed by atoms with Crippen LogP contribution in [0.15, 0.2) is 59.2 Å². The molecule has 0 aliphatic rings. The van der Waals surface area contributed by atoms with Crippen molar-refractivity contribution in [2.45, 2.75) is 33.1 Å². The highest BCUT2D eigenvalue weighted by molar-refractivity contribution is 5.57. The Kier molecular flexibility index (Phi) is 4.45. The fourth-order valence-electron chi connectivity index (χ4n) is 1.83. The molecule has 17 heavy (non-hydrogen) atoms. The molecule has 0 unspecified atom stereocenters. The summed E-state index contributed by atoms with van der Waals surface area (Å²) in [7, 11) is 0. The van der Waals surface area contributed by atoms with Gasteiger partial charge in [0.1, 0.15) is 0 Å². The van der Waals surface area contributed by atoms with Crippen molar-refractivity contribution in [3.63, 3.8) is 0 Å². The number of hydrogen-bond donors (Lipinski definition) is 0. The van der Waals surface area contributed by atoms with E-state index in [1.54, 1.807) is 0 Å². The third-order valence-corrected chi connectivity index (χ3v) is 3.28. The number of allylic oxidation sites excluding steroid dienone is 2. The number of hydrogen-bond acceptors (Lipinski definition) is 1. The van der Waals surface area contributed by atoms with Crippen molar-refractivity contribution < 1.29 is 0 Å². The van der Waals surface area contributed by atoms with Crippen LogP contribution in [0, 0.1) is 0 Å². The Labute approximate surface area is 105 Å². The summed E-state index contributed by atoms with van der Waals surface area (Å²) < 4.78 is 0. The van der Waals surface area contributed by atoms with Gasteiger partial charge in [0.15, 0.2) is 0 Å².